The van der Waals surface area contributed by atoms with Gasteiger partial charge in [-0.25, -0.2) is 0 Å². The lowest BCUT2D eigenvalue weighted by atomic mass is 10.1. The van der Waals surface area contributed by atoms with Gasteiger partial charge in [-0.05, 0) is 80.6 Å². The second-order valence-electron chi connectivity index (χ2n) is 16.3. The average molecular weight is 879 g/mol. The predicted molar refractivity (Wildman–Crippen MR) is 233 cm³/mol. The van der Waals surface area contributed by atoms with Gasteiger partial charge in [-0.15, -0.1) is 0 Å². The van der Waals surface area contributed by atoms with Crippen LogP contribution in [0.1, 0.15) is 128 Å². The van der Waals surface area contributed by atoms with E-state index in [0.29, 0.717) is 44.5 Å². The van der Waals surface area contributed by atoms with E-state index in [0.717, 1.165) is 19.6 Å². The Labute approximate surface area is 374 Å². The van der Waals surface area contributed by atoms with Crippen LogP contribution in [0, 0.1) is 0 Å². The van der Waals surface area contributed by atoms with Crippen molar-refractivity contribution in [2.24, 2.45) is 0 Å². The van der Waals surface area contributed by atoms with Gasteiger partial charge in [0, 0.05) is 65.2 Å². The number of benzene rings is 4. The smallest absolute Gasteiger partial charge is 0.261 e. The molecule has 0 fully saturated rings. The summed E-state index contributed by atoms with van der Waals surface area (Å²) >= 11 is 0. The molecule has 4 heterocycles. The van der Waals surface area contributed by atoms with E-state index in [2.05, 4.69) is 0 Å². The first-order valence-electron chi connectivity index (χ1n) is 21.8. The van der Waals surface area contributed by atoms with Gasteiger partial charge in [0.1, 0.15) is 0 Å². The maximum absolute atomic E-state index is 13.9. The number of hydrogen-bond donors (Lipinski definition) is 0. The minimum absolute atomic E-state index is 0.0380. The molecule has 0 bridgehead atoms. The van der Waals surface area contributed by atoms with E-state index in [1.54, 1.807) is 107 Å². The fourth-order valence-electron chi connectivity index (χ4n) is 8.88. The highest BCUT2D eigenvalue weighted by atomic mass is 16.2. The Hall–Kier alpha value is -7.62. The van der Waals surface area contributed by atoms with E-state index in [1.165, 1.54) is 0 Å². The fourth-order valence-corrected chi connectivity index (χ4v) is 8.88. The summed E-state index contributed by atoms with van der Waals surface area (Å²) in [5.41, 5.74) is 2.54. The van der Waals surface area contributed by atoms with Crippen molar-refractivity contribution < 1.29 is 47.9 Å². The number of rotatable bonds is 20. The molecule has 0 spiro atoms. The lowest BCUT2D eigenvalue weighted by molar-refractivity contribution is -0.133. The first-order chi connectivity index (χ1) is 31.5. The van der Waals surface area contributed by atoms with E-state index in [-0.39, 0.29) is 109 Å². The van der Waals surface area contributed by atoms with Gasteiger partial charge in [-0.3, -0.25) is 67.5 Å². The zero-order valence-electron chi connectivity index (χ0n) is 35.6. The van der Waals surface area contributed by atoms with Crippen LogP contribution in [0.15, 0.2) is 97.1 Å². The third-order valence-corrected chi connectivity index (χ3v) is 12.2. The Morgan fingerprint density at radius 3 is 0.677 bits per heavy atom. The molecular weight excluding hydrogens is 833 g/mol. The first kappa shape index (κ1) is 44.0. The molecule has 0 saturated carbocycles. The lowest BCUT2D eigenvalue weighted by Crippen LogP contribution is -2.39. The van der Waals surface area contributed by atoms with E-state index >= 15 is 0 Å². The van der Waals surface area contributed by atoms with Gasteiger partial charge in [-0.1, -0.05) is 48.5 Å². The van der Waals surface area contributed by atoms with Crippen LogP contribution in [0.2, 0.25) is 0 Å². The lowest BCUT2D eigenvalue weighted by Gasteiger charge is -2.26. The summed E-state index contributed by atoms with van der Waals surface area (Å²) in [5, 5.41) is 0. The van der Waals surface area contributed by atoms with E-state index in [4.69, 9.17) is 0 Å². The van der Waals surface area contributed by atoms with Gasteiger partial charge in [-0.2, -0.15) is 0 Å². The molecule has 0 unspecified atom stereocenters. The van der Waals surface area contributed by atoms with Gasteiger partial charge in [0.2, 0.25) is 11.8 Å². The Morgan fingerprint density at radius 1 is 0.308 bits per heavy atom. The van der Waals surface area contributed by atoms with Gasteiger partial charge >= 0.3 is 0 Å². The van der Waals surface area contributed by atoms with E-state index < -0.39 is 47.3 Å². The van der Waals surface area contributed by atoms with Crippen LogP contribution in [0.3, 0.4) is 0 Å². The van der Waals surface area contributed by atoms with Crippen molar-refractivity contribution in [3.05, 3.63) is 142 Å². The molecule has 0 aromatic heterocycles. The third-order valence-electron chi connectivity index (χ3n) is 12.2. The molecule has 4 aromatic rings. The van der Waals surface area contributed by atoms with Crippen LogP contribution in [0.4, 0.5) is 0 Å². The summed E-state index contributed by atoms with van der Waals surface area (Å²) in [6.45, 7) is 0.863. The van der Waals surface area contributed by atoms with Crippen molar-refractivity contribution in [1.82, 2.24) is 29.4 Å². The molecule has 4 aromatic carbocycles. The zero-order valence-corrected chi connectivity index (χ0v) is 35.6. The van der Waals surface area contributed by atoms with Crippen molar-refractivity contribution in [3.8, 4) is 0 Å². The highest BCUT2D eigenvalue weighted by Gasteiger charge is 2.38. The normalized spacial score (nSPS) is 15.0. The van der Waals surface area contributed by atoms with Gasteiger partial charge in [0.05, 0.1) is 44.5 Å². The number of carbonyl (C=O) groups excluding carboxylic acids is 10. The van der Waals surface area contributed by atoms with Crippen LogP contribution >= 0.6 is 0 Å². The molecule has 8 rings (SSSR count). The second-order valence-corrected chi connectivity index (χ2v) is 16.3. The van der Waals surface area contributed by atoms with Crippen LogP contribution in [-0.4, -0.2) is 141 Å². The average Bonchev–Trinajstić information content (AvgIpc) is 3.91. The summed E-state index contributed by atoms with van der Waals surface area (Å²) in [5.74, 6) is -3.90. The Morgan fingerprint density at radius 2 is 0.492 bits per heavy atom. The van der Waals surface area contributed by atoms with E-state index in [9.17, 15) is 47.9 Å². The Bertz CT molecular complexity index is 2180. The molecule has 0 radical (unpaired) electrons. The number of carbonyl (C=O) groups is 10. The monoisotopic (exact) mass is 878 g/mol. The molecule has 0 atom stereocenters. The standard InChI is InChI=1S/C49H46N6O10/c56-40(50(24-10-28-52-42(58)32-14-1-2-15-33(32)43(52)59)25-11-29-53-44(60)34-16-3-4-17-35(34)45(53)61)22-9-23-41(57)51(26-12-30-54-46(62)36-18-5-6-19-37(36)47(54)63)27-13-31-55-48(64)38-20-7-8-21-39(38)49(55)65/h1-8,14-21H,9-13,22-31H2. The molecule has 16 nitrogen and oxygen atoms in total. The van der Waals surface area contributed by atoms with Gasteiger partial charge in [0.15, 0.2) is 0 Å². The quantitative estimate of drug-likeness (QED) is 0.114. The largest absolute Gasteiger partial charge is 0.343 e. The fraction of sp³-hybridized carbons (Fsp3) is 0.306. The molecule has 4 aliphatic rings. The number of nitrogens with zero attached hydrogens (tertiary/aromatic N) is 6. The van der Waals surface area contributed by atoms with Crippen LogP contribution in [0.5, 0.6) is 0 Å². The molecule has 65 heavy (non-hydrogen) atoms. The summed E-state index contributed by atoms with van der Waals surface area (Å²) in [6, 6.07) is 26.2. The second kappa shape index (κ2) is 19.0. The summed E-state index contributed by atoms with van der Waals surface area (Å²) < 4.78 is 0. The van der Waals surface area contributed by atoms with Crippen LogP contribution in [-0.2, 0) is 9.59 Å². The molecule has 0 N–H and O–H groups in total. The predicted octanol–water partition coefficient (Wildman–Crippen LogP) is 4.56. The highest BCUT2D eigenvalue weighted by molar-refractivity contribution is 6.23. The summed E-state index contributed by atoms with van der Waals surface area (Å²) in [4.78, 5) is 140. The topological polar surface area (TPSA) is 190 Å². The SMILES string of the molecule is O=C(CCCC(=O)N(CCCN1C(=O)c2ccccc2C1=O)CCCN1C(=O)c2ccccc2C1=O)N(CCCN1C(=O)c2ccccc2C1=O)CCCN1C(=O)c2ccccc2C1=O. The number of imide groups is 4. The van der Waals surface area contributed by atoms with Gasteiger partial charge in [0.25, 0.3) is 47.3 Å². The molecule has 10 amide bonds. The summed E-state index contributed by atoms with van der Waals surface area (Å²) in [7, 11) is 0. The third kappa shape index (κ3) is 8.71. The Kier molecular flexibility index (Phi) is 12.9. The molecular formula is C49H46N6O10. The van der Waals surface area contributed by atoms with Gasteiger partial charge < -0.3 is 9.80 Å². The first-order valence-corrected chi connectivity index (χ1v) is 21.8. The molecule has 332 valence electrons. The number of fused-ring (bicyclic) bond motifs is 4. The maximum atomic E-state index is 13.9. The molecule has 4 aliphatic heterocycles. The highest BCUT2D eigenvalue weighted by Crippen LogP contribution is 2.26. The minimum Gasteiger partial charge on any atom is -0.343 e. The number of amides is 10. The summed E-state index contributed by atoms with van der Waals surface area (Å²) in [6.07, 6.45) is 1.12. The van der Waals surface area contributed by atoms with Crippen LogP contribution < -0.4 is 0 Å². The Balaban J connectivity index is 0.888. The van der Waals surface area contributed by atoms with Crippen LogP contribution in [0.25, 0.3) is 0 Å². The van der Waals surface area contributed by atoms with Crippen molar-refractivity contribution in [2.75, 3.05) is 52.4 Å². The van der Waals surface area contributed by atoms with E-state index in [1.807, 2.05) is 0 Å². The van der Waals surface area contributed by atoms with Crippen molar-refractivity contribution in [1.29, 1.82) is 0 Å². The molecule has 0 aliphatic carbocycles. The number of hydrogen-bond acceptors (Lipinski definition) is 10. The van der Waals surface area contributed by atoms with Crippen molar-refractivity contribution >= 4 is 59.1 Å². The maximum Gasteiger partial charge on any atom is 0.261 e. The van der Waals surface area contributed by atoms with Crippen molar-refractivity contribution in [3.63, 3.8) is 0 Å². The van der Waals surface area contributed by atoms with Crippen molar-refractivity contribution in [2.45, 2.75) is 44.9 Å². The zero-order chi connectivity index (χ0) is 45.8. The molecule has 16 heteroatoms. The minimum atomic E-state index is -0.412. The molecule has 0 saturated heterocycles.